The van der Waals surface area contributed by atoms with Crippen LogP contribution in [0.15, 0.2) is 47.0 Å². The summed E-state index contributed by atoms with van der Waals surface area (Å²) in [7, 11) is 0. The third kappa shape index (κ3) is 4.06. The Morgan fingerprint density at radius 3 is 2.67 bits per heavy atom. The molecule has 1 aliphatic rings. The maximum atomic E-state index is 11.4. The van der Waals surface area contributed by atoms with Crippen LogP contribution in [-0.4, -0.2) is 27.8 Å². The third-order valence-electron chi connectivity index (χ3n) is 4.73. The number of benzene rings is 2. The van der Waals surface area contributed by atoms with Crippen LogP contribution in [0.25, 0.3) is 11.4 Å². The summed E-state index contributed by atoms with van der Waals surface area (Å²) in [5.41, 5.74) is 5.20. The van der Waals surface area contributed by atoms with E-state index >= 15 is 0 Å². The molecule has 6 nitrogen and oxygen atoms in total. The molecule has 0 fully saturated rings. The Morgan fingerprint density at radius 1 is 1.04 bits per heavy atom. The predicted molar refractivity (Wildman–Crippen MR) is 101 cm³/mol. The number of fused-ring (bicyclic) bond motifs is 1. The number of hydrogen-bond acceptors (Lipinski definition) is 5. The van der Waals surface area contributed by atoms with Crippen LogP contribution in [0.3, 0.4) is 0 Å². The Labute approximate surface area is 157 Å². The summed E-state index contributed by atoms with van der Waals surface area (Å²) >= 11 is 0. The normalized spacial score (nSPS) is 12.9. The van der Waals surface area contributed by atoms with Crippen LogP contribution in [0.4, 0.5) is 5.69 Å². The number of rotatable bonds is 7. The maximum Gasteiger partial charge on any atom is 0.228 e. The summed E-state index contributed by atoms with van der Waals surface area (Å²) in [4.78, 5) is 15.9. The third-order valence-corrected chi connectivity index (χ3v) is 4.73. The van der Waals surface area contributed by atoms with Crippen LogP contribution in [0.5, 0.6) is 0 Å². The van der Waals surface area contributed by atoms with Crippen molar-refractivity contribution in [1.29, 1.82) is 0 Å². The van der Waals surface area contributed by atoms with Crippen LogP contribution >= 0.6 is 0 Å². The quantitative estimate of drug-likeness (QED) is 0.674. The molecule has 0 bridgehead atoms. The average Bonchev–Trinajstić information content (AvgIpc) is 3.28. The lowest BCUT2D eigenvalue weighted by molar-refractivity contribution is -0.115. The van der Waals surface area contributed by atoms with Gasteiger partial charge in [-0.25, -0.2) is 0 Å². The second-order valence-electron chi connectivity index (χ2n) is 6.75. The molecule has 1 amide bonds. The van der Waals surface area contributed by atoms with Gasteiger partial charge >= 0.3 is 0 Å². The maximum absolute atomic E-state index is 11.4. The molecule has 0 aliphatic carbocycles. The second kappa shape index (κ2) is 7.72. The molecule has 3 aromatic rings. The molecular formula is C21H21N3O3. The van der Waals surface area contributed by atoms with Crippen molar-refractivity contribution >= 4 is 11.6 Å². The van der Waals surface area contributed by atoms with Crippen molar-refractivity contribution in [3.63, 3.8) is 0 Å². The van der Waals surface area contributed by atoms with E-state index in [0.717, 1.165) is 35.2 Å². The predicted octanol–water partition coefficient (Wildman–Crippen LogP) is 2.94. The lowest BCUT2D eigenvalue weighted by Gasteiger charge is -2.03. The number of anilines is 1. The highest BCUT2D eigenvalue weighted by molar-refractivity contribution is 5.99. The minimum Gasteiger partial charge on any atom is -0.396 e. The van der Waals surface area contributed by atoms with Gasteiger partial charge in [-0.05, 0) is 42.0 Å². The monoisotopic (exact) mass is 363 g/mol. The van der Waals surface area contributed by atoms with Crippen molar-refractivity contribution in [3.8, 4) is 11.4 Å². The molecule has 0 spiro atoms. The number of amides is 1. The van der Waals surface area contributed by atoms with E-state index in [0.29, 0.717) is 31.0 Å². The van der Waals surface area contributed by atoms with Gasteiger partial charge in [0.2, 0.25) is 17.6 Å². The zero-order valence-corrected chi connectivity index (χ0v) is 14.9. The minimum absolute atomic E-state index is 0.0601. The highest BCUT2D eigenvalue weighted by atomic mass is 16.5. The largest absolute Gasteiger partial charge is 0.396 e. The van der Waals surface area contributed by atoms with Crippen molar-refractivity contribution in [2.45, 2.75) is 32.1 Å². The van der Waals surface area contributed by atoms with Crippen LogP contribution in [0.2, 0.25) is 0 Å². The van der Waals surface area contributed by atoms with Gasteiger partial charge < -0.3 is 14.9 Å². The van der Waals surface area contributed by atoms with Crippen LogP contribution in [0, 0.1) is 0 Å². The molecule has 0 unspecified atom stereocenters. The van der Waals surface area contributed by atoms with Gasteiger partial charge in [0, 0.05) is 24.3 Å². The van der Waals surface area contributed by atoms with E-state index in [-0.39, 0.29) is 12.5 Å². The molecule has 2 heterocycles. The Hall–Kier alpha value is -2.99. The Kier molecular flexibility index (Phi) is 4.98. The zero-order chi connectivity index (χ0) is 18.6. The van der Waals surface area contributed by atoms with Gasteiger partial charge in [0.25, 0.3) is 0 Å². The fraction of sp³-hybridized carbons (Fsp3) is 0.286. The first-order chi connectivity index (χ1) is 13.2. The lowest BCUT2D eigenvalue weighted by Crippen LogP contribution is -2.03. The molecule has 2 aromatic carbocycles. The molecule has 0 atom stereocenters. The molecule has 0 saturated carbocycles. The summed E-state index contributed by atoms with van der Waals surface area (Å²) in [6, 6.07) is 13.9. The summed E-state index contributed by atoms with van der Waals surface area (Å²) < 4.78 is 5.37. The van der Waals surface area contributed by atoms with Crippen molar-refractivity contribution in [3.05, 3.63) is 65.0 Å². The highest BCUT2D eigenvalue weighted by Gasteiger charge is 2.17. The summed E-state index contributed by atoms with van der Waals surface area (Å²) in [5.74, 6) is 1.27. The standard InChI is InChI=1S/C21H21N3O3/c25-11-10-14-4-7-16(8-5-14)21-23-20(27-24-21)3-1-2-15-6-9-18-17(12-15)13-19(26)22-18/h4-9,12,25H,1-3,10-11,13H2,(H,22,26). The van der Waals surface area contributed by atoms with Gasteiger partial charge in [0.15, 0.2) is 0 Å². The molecule has 1 aromatic heterocycles. The topological polar surface area (TPSA) is 88.2 Å². The first-order valence-corrected chi connectivity index (χ1v) is 9.16. The van der Waals surface area contributed by atoms with Crippen molar-refractivity contribution in [2.24, 2.45) is 0 Å². The molecule has 4 rings (SSSR count). The number of hydrogen-bond donors (Lipinski definition) is 2. The number of aliphatic hydroxyl groups is 1. The highest BCUT2D eigenvalue weighted by Crippen LogP contribution is 2.24. The first kappa shape index (κ1) is 17.4. The smallest absolute Gasteiger partial charge is 0.228 e. The van der Waals surface area contributed by atoms with Gasteiger partial charge in [-0.3, -0.25) is 4.79 Å². The molecule has 0 radical (unpaired) electrons. The summed E-state index contributed by atoms with van der Waals surface area (Å²) in [6.45, 7) is 0.142. The van der Waals surface area contributed by atoms with Crippen LogP contribution < -0.4 is 5.32 Å². The molecular weight excluding hydrogens is 342 g/mol. The van der Waals surface area contributed by atoms with Crippen molar-refractivity contribution in [1.82, 2.24) is 10.1 Å². The SMILES string of the molecule is O=C1Cc2cc(CCCc3nc(-c4ccc(CCO)cc4)no3)ccc2N1. The summed E-state index contributed by atoms with van der Waals surface area (Å²) in [5, 5.41) is 15.9. The van der Waals surface area contributed by atoms with Gasteiger partial charge in [-0.15, -0.1) is 0 Å². The van der Waals surface area contributed by atoms with E-state index in [1.807, 2.05) is 30.3 Å². The molecule has 6 heteroatoms. The number of nitrogens with zero attached hydrogens (tertiary/aromatic N) is 2. The van der Waals surface area contributed by atoms with Crippen LogP contribution in [0.1, 0.15) is 29.0 Å². The van der Waals surface area contributed by atoms with E-state index in [9.17, 15) is 4.79 Å². The number of carbonyl (C=O) groups is 1. The lowest BCUT2D eigenvalue weighted by atomic mass is 10.0. The minimum atomic E-state index is 0.0601. The van der Waals surface area contributed by atoms with Gasteiger partial charge in [0.05, 0.1) is 6.42 Å². The fourth-order valence-corrected chi connectivity index (χ4v) is 3.31. The van der Waals surface area contributed by atoms with Crippen LogP contribution in [-0.2, 0) is 30.5 Å². The molecule has 138 valence electrons. The molecule has 27 heavy (non-hydrogen) atoms. The Morgan fingerprint density at radius 2 is 1.85 bits per heavy atom. The van der Waals surface area contributed by atoms with Crippen molar-refractivity contribution in [2.75, 3.05) is 11.9 Å². The van der Waals surface area contributed by atoms with E-state index in [2.05, 4.69) is 27.6 Å². The number of aliphatic hydroxyl groups excluding tert-OH is 1. The van der Waals surface area contributed by atoms with E-state index in [1.165, 1.54) is 5.56 Å². The van der Waals surface area contributed by atoms with Gasteiger partial charge in [-0.2, -0.15) is 4.98 Å². The Bertz CT molecular complexity index is 948. The Balaban J connectivity index is 1.33. The first-order valence-electron chi connectivity index (χ1n) is 9.16. The van der Waals surface area contributed by atoms with E-state index < -0.39 is 0 Å². The molecule has 1 aliphatic heterocycles. The number of aromatic nitrogens is 2. The van der Waals surface area contributed by atoms with Gasteiger partial charge in [-0.1, -0.05) is 41.6 Å². The zero-order valence-electron chi connectivity index (χ0n) is 14.9. The van der Waals surface area contributed by atoms with E-state index in [1.54, 1.807) is 0 Å². The fourth-order valence-electron chi connectivity index (χ4n) is 3.31. The van der Waals surface area contributed by atoms with Gasteiger partial charge in [0.1, 0.15) is 0 Å². The second-order valence-corrected chi connectivity index (χ2v) is 6.75. The van der Waals surface area contributed by atoms with Crippen molar-refractivity contribution < 1.29 is 14.4 Å². The van der Waals surface area contributed by atoms with E-state index in [4.69, 9.17) is 9.63 Å². The summed E-state index contributed by atoms with van der Waals surface area (Å²) in [6.07, 6.45) is 3.62. The number of aryl methyl sites for hydroxylation is 2. The molecule has 0 saturated heterocycles. The number of carbonyl (C=O) groups excluding carboxylic acids is 1. The molecule has 2 N–H and O–H groups in total. The number of nitrogens with one attached hydrogen (secondary N) is 1. The average molecular weight is 363 g/mol.